The van der Waals surface area contributed by atoms with Gasteiger partial charge in [-0.3, -0.25) is 4.90 Å². The first-order chi connectivity index (χ1) is 8.22. The Hall–Kier alpha value is -0.120. The molecule has 2 N–H and O–H groups in total. The van der Waals surface area contributed by atoms with Gasteiger partial charge in [0.2, 0.25) is 0 Å². The third-order valence-electron chi connectivity index (χ3n) is 4.19. The first kappa shape index (κ1) is 14.9. The minimum atomic E-state index is 0.578. The number of hydrogen-bond acceptors (Lipinski definition) is 3. The van der Waals surface area contributed by atoms with Crippen molar-refractivity contribution in [3.05, 3.63) is 0 Å². The number of rotatable bonds is 8. The summed E-state index contributed by atoms with van der Waals surface area (Å²) in [5.74, 6) is 0. The third-order valence-corrected chi connectivity index (χ3v) is 4.19. The van der Waals surface area contributed by atoms with E-state index >= 15 is 0 Å². The van der Waals surface area contributed by atoms with Crippen molar-refractivity contribution in [3.63, 3.8) is 0 Å². The highest BCUT2D eigenvalue weighted by Gasteiger charge is 2.25. The molecule has 0 aromatic carbocycles. The molecule has 0 aromatic rings. The Balaban J connectivity index is 2.37. The standard InChI is InChI=1S/C14H31N3/c1-4-6-8-13(11-15)16(3)12-14-9-7-10-17(14)5-2/h13-14H,4-12,15H2,1-3H3. The second-order valence-corrected chi connectivity index (χ2v) is 5.40. The van der Waals surface area contributed by atoms with E-state index < -0.39 is 0 Å². The molecule has 3 heteroatoms. The summed E-state index contributed by atoms with van der Waals surface area (Å²) in [6.07, 6.45) is 6.56. The van der Waals surface area contributed by atoms with Crippen LogP contribution in [0.3, 0.4) is 0 Å². The molecule has 0 bridgehead atoms. The number of likely N-dealkylation sites (tertiary alicyclic amines) is 1. The molecule has 0 saturated carbocycles. The van der Waals surface area contributed by atoms with Gasteiger partial charge >= 0.3 is 0 Å². The van der Waals surface area contributed by atoms with E-state index in [2.05, 4.69) is 30.7 Å². The highest BCUT2D eigenvalue weighted by molar-refractivity contribution is 4.82. The van der Waals surface area contributed by atoms with Gasteiger partial charge in [0.1, 0.15) is 0 Å². The van der Waals surface area contributed by atoms with E-state index in [4.69, 9.17) is 5.73 Å². The molecule has 1 fully saturated rings. The Morgan fingerprint density at radius 3 is 2.76 bits per heavy atom. The van der Waals surface area contributed by atoms with Gasteiger partial charge in [0.15, 0.2) is 0 Å². The van der Waals surface area contributed by atoms with Crippen LogP contribution >= 0.6 is 0 Å². The number of hydrogen-bond donors (Lipinski definition) is 1. The zero-order valence-electron chi connectivity index (χ0n) is 12.0. The van der Waals surface area contributed by atoms with Crippen molar-refractivity contribution in [1.82, 2.24) is 9.80 Å². The van der Waals surface area contributed by atoms with Crippen molar-refractivity contribution < 1.29 is 0 Å². The van der Waals surface area contributed by atoms with Gasteiger partial charge in [-0.15, -0.1) is 0 Å². The summed E-state index contributed by atoms with van der Waals surface area (Å²) in [4.78, 5) is 5.11. The number of likely N-dealkylation sites (N-methyl/N-ethyl adjacent to an activating group) is 2. The molecule has 17 heavy (non-hydrogen) atoms. The summed E-state index contributed by atoms with van der Waals surface area (Å²) in [6.45, 7) is 9.01. The van der Waals surface area contributed by atoms with Gasteiger partial charge in [0, 0.05) is 25.2 Å². The predicted molar refractivity (Wildman–Crippen MR) is 75.3 cm³/mol. The van der Waals surface area contributed by atoms with E-state index in [1.54, 1.807) is 0 Å². The summed E-state index contributed by atoms with van der Waals surface area (Å²) < 4.78 is 0. The van der Waals surface area contributed by atoms with Crippen LogP contribution in [-0.4, -0.2) is 55.1 Å². The molecule has 1 rings (SSSR count). The molecule has 2 atom stereocenters. The lowest BCUT2D eigenvalue weighted by atomic mass is 10.1. The van der Waals surface area contributed by atoms with Crippen molar-refractivity contribution in [1.29, 1.82) is 0 Å². The first-order valence-corrected chi connectivity index (χ1v) is 7.37. The van der Waals surface area contributed by atoms with Crippen LogP contribution in [0.4, 0.5) is 0 Å². The molecule has 1 aliphatic rings. The van der Waals surface area contributed by atoms with Crippen molar-refractivity contribution in [2.45, 2.75) is 58.0 Å². The van der Waals surface area contributed by atoms with Crippen LogP contribution < -0.4 is 5.73 Å². The van der Waals surface area contributed by atoms with Crippen molar-refractivity contribution in [3.8, 4) is 0 Å². The van der Waals surface area contributed by atoms with E-state index in [0.717, 1.165) is 12.6 Å². The summed E-state index contributed by atoms with van der Waals surface area (Å²) in [6, 6.07) is 1.34. The SMILES string of the molecule is CCCCC(CN)N(C)CC1CCCN1CC. The Kier molecular flexibility index (Phi) is 7.09. The maximum Gasteiger partial charge on any atom is 0.0223 e. The van der Waals surface area contributed by atoms with E-state index in [9.17, 15) is 0 Å². The second-order valence-electron chi connectivity index (χ2n) is 5.40. The Morgan fingerprint density at radius 1 is 1.41 bits per heavy atom. The largest absolute Gasteiger partial charge is 0.329 e. The average Bonchev–Trinajstić information content (AvgIpc) is 2.77. The molecular weight excluding hydrogens is 210 g/mol. The Bertz CT molecular complexity index is 196. The van der Waals surface area contributed by atoms with E-state index in [1.165, 1.54) is 51.7 Å². The second kappa shape index (κ2) is 8.06. The van der Waals surface area contributed by atoms with Crippen LogP contribution in [0.5, 0.6) is 0 Å². The van der Waals surface area contributed by atoms with Crippen molar-refractivity contribution in [2.75, 3.05) is 33.2 Å². The van der Waals surface area contributed by atoms with Crippen LogP contribution in [0, 0.1) is 0 Å². The van der Waals surface area contributed by atoms with Crippen LogP contribution in [0.25, 0.3) is 0 Å². The van der Waals surface area contributed by atoms with Crippen LogP contribution in [0.1, 0.15) is 46.0 Å². The smallest absolute Gasteiger partial charge is 0.0223 e. The number of nitrogens with two attached hydrogens (primary N) is 1. The third kappa shape index (κ3) is 4.57. The first-order valence-electron chi connectivity index (χ1n) is 7.37. The van der Waals surface area contributed by atoms with Gasteiger partial charge in [-0.05, 0) is 39.4 Å². The number of nitrogens with zero attached hydrogens (tertiary/aromatic N) is 2. The average molecular weight is 241 g/mol. The molecule has 102 valence electrons. The minimum absolute atomic E-state index is 0.578. The monoisotopic (exact) mass is 241 g/mol. The predicted octanol–water partition coefficient (Wildman–Crippen LogP) is 1.92. The fourth-order valence-corrected chi connectivity index (χ4v) is 2.96. The van der Waals surface area contributed by atoms with Gasteiger partial charge in [-0.2, -0.15) is 0 Å². The fourth-order valence-electron chi connectivity index (χ4n) is 2.96. The minimum Gasteiger partial charge on any atom is -0.329 e. The Morgan fingerprint density at radius 2 is 2.18 bits per heavy atom. The molecular formula is C14H31N3. The molecule has 0 aliphatic carbocycles. The van der Waals surface area contributed by atoms with Gasteiger partial charge in [0.25, 0.3) is 0 Å². The molecule has 1 aliphatic heterocycles. The molecule has 3 nitrogen and oxygen atoms in total. The molecule has 1 heterocycles. The molecule has 1 saturated heterocycles. The highest BCUT2D eigenvalue weighted by Crippen LogP contribution is 2.18. The van der Waals surface area contributed by atoms with E-state index in [0.29, 0.717) is 6.04 Å². The van der Waals surface area contributed by atoms with Crippen LogP contribution in [0.2, 0.25) is 0 Å². The van der Waals surface area contributed by atoms with Crippen molar-refractivity contribution >= 4 is 0 Å². The Labute approximate surface area is 107 Å². The van der Waals surface area contributed by atoms with Crippen LogP contribution in [0.15, 0.2) is 0 Å². The van der Waals surface area contributed by atoms with E-state index in [1.807, 2.05) is 0 Å². The lowest BCUT2D eigenvalue weighted by Crippen LogP contribution is -2.45. The molecule has 2 unspecified atom stereocenters. The van der Waals surface area contributed by atoms with Gasteiger partial charge in [-0.1, -0.05) is 26.7 Å². The lowest BCUT2D eigenvalue weighted by molar-refractivity contribution is 0.159. The lowest BCUT2D eigenvalue weighted by Gasteiger charge is -2.32. The topological polar surface area (TPSA) is 32.5 Å². The van der Waals surface area contributed by atoms with Gasteiger partial charge < -0.3 is 10.6 Å². The summed E-state index contributed by atoms with van der Waals surface area (Å²) in [5.41, 5.74) is 5.90. The van der Waals surface area contributed by atoms with Gasteiger partial charge in [0.05, 0.1) is 0 Å². The zero-order valence-corrected chi connectivity index (χ0v) is 12.0. The summed E-state index contributed by atoms with van der Waals surface area (Å²) in [5, 5.41) is 0. The number of unbranched alkanes of at least 4 members (excludes halogenated alkanes) is 1. The maximum absolute atomic E-state index is 5.90. The molecule has 0 spiro atoms. The maximum atomic E-state index is 5.90. The van der Waals surface area contributed by atoms with Gasteiger partial charge in [-0.25, -0.2) is 0 Å². The quantitative estimate of drug-likeness (QED) is 0.705. The summed E-state index contributed by atoms with van der Waals surface area (Å²) >= 11 is 0. The zero-order chi connectivity index (χ0) is 12.7. The molecule has 0 radical (unpaired) electrons. The fraction of sp³-hybridized carbons (Fsp3) is 1.00. The molecule has 0 aromatic heterocycles. The molecule has 0 amide bonds. The van der Waals surface area contributed by atoms with Crippen molar-refractivity contribution in [2.24, 2.45) is 5.73 Å². The highest BCUT2D eigenvalue weighted by atomic mass is 15.2. The summed E-state index contributed by atoms with van der Waals surface area (Å²) in [7, 11) is 2.25. The van der Waals surface area contributed by atoms with Crippen LogP contribution in [-0.2, 0) is 0 Å². The van der Waals surface area contributed by atoms with E-state index in [-0.39, 0.29) is 0 Å². The normalized spacial score (nSPS) is 23.5.